The van der Waals surface area contributed by atoms with Crippen LogP contribution in [0.2, 0.25) is 0 Å². The Bertz CT molecular complexity index is 2910. The van der Waals surface area contributed by atoms with Gasteiger partial charge in [0.25, 0.3) is 0 Å². The van der Waals surface area contributed by atoms with Crippen molar-refractivity contribution in [3.05, 3.63) is 163 Å². The molecule has 50 heavy (non-hydrogen) atoms. The summed E-state index contributed by atoms with van der Waals surface area (Å²) in [6.07, 6.45) is 3.76. The van der Waals surface area contributed by atoms with Gasteiger partial charge in [0, 0.05) is 50.8 Å². The average molecular weight is 637 g/mol. The maximum absolute atomic E-state index is 10.2. The third kappa shape index (κ3) is 4.29. The van der Waals surface area contributed by atoms with Crippen LogP contribution in [-0.2, 0) is 0 Å². The lowest BCUT2D eigenvalue weighted by atomic mass is 9.96. The number of fused-ring (bicyclic) bond motifs is 6. The van der Waals surface area contributed by atoms with Crippen LogP contribution < -0.4 is 0 Å². The van der Waals surface area contributed by atoms with Crippen molar-refractivity contribution in [3.63, 3.8) is 0 Å². The second kappa shape index (κ2) is 11.4. The van der Waals surface area contributed by atoms with Crippen LogP contribution >= 0.6 is 0 Å². The van der Waals surface area contributed by atoms with Gasteiger partial charge in [-0.3, -0.25) is 4.98 Å². The van der Waals surface area contributed by atoms with Crippen molar-refractivity contribution in [2.75, 3.05) is 0 Å². The topological polar surface area (TPSA) is 94.1 Å². The lowest BCUT2D eigenvalue weighted by molar-refractivity contribution is 1.17. The summed E-state index contributed by atoms with van der Waals surface area (Å²) in [5.41, 5.74) is 11.2. The van der Waals surface area contributed by atoms with Gasteiger partial charge in [0.05, 0.1) is 56.6 Å². The van der Waals surface area contributed by atoms with Crippen molar-refractivity contribution in [1.29, 1.82) is 15.8 Å². The van der Waals surface area contributed by atoms with E-state index in [0.29, 0.717) is 16.7 Å². The van der Waals surface area contributed by atoms with Gasteiger partial charge in [-0.15, -0.1) is 0 Å². The van der Waals surface area contributed by atoms with Crippen molar-refractivity contribution in [1.82, 2.24) is 14.1 Å². The highest BCUT2D eigenvalue weighted by atomic mass is 15.0. The van der Waals surface area contributed by atoms with Crippen molar-refractivity contribution < 1.29 is 0 Å². The molecule has 0 atom stereocenters. The highest BCUT2D eigenvalue weighted by molar-refractivity contribution is 6.12. The predicted molar refractivity (Wildman–Crippen MR) is 198 cm³/mol. The molecule has 3 heterocycles. The van der Waals surface area contributed by atoms with Gasteiger partial charge in [-0.2, -0.15) is 15.8 Å². The van der Waals surface area contributed by atoms with E-state index in [1.165, 1.54) is 0 Å². The number of aromatic nitrogens is 3. The van der Waals surface area contributed by atoms with E-state index in [1.807, 2.05) is 54.9 Å². The van der Waals surface area contributed by atoms with Crippen LogP contribution in [0.5, 0.6) is 0 Å². The summed E-state index contributed by atoms with van der Waals surface area (Å²) >= 11 is 0. The number of nitrogens with zero attached hydrogens (tertiary/aromatic N) is 6. The Morgan fingerprint density at radius 2 is 1.20 bits per heavy atom. The quantitative estimate of drug-likeness (QED) is 0.192. The fourth-order valence-electron chi connectivity index (χ4n) is 7.32. The monoisotopic (exact) mass is 636 g/mol. The zero-order valence-electron chi connectivity index (χ0n) is 26.5. The summed E-state index contributed by atoms with van der Waals surface area (Å²) in [6.45, 7) is 0. The minimum atomic E-state index is 0.533. The molecule has 0 radical (unpaired) electrons. The van der Waals surface area contributed by atoms with Gasteiger partial charge < -0.3 is 9.13 Å². The molecule has 0 amide bonds. The van der Waals surface area contributed by atoms with E-state index in [9.17, 15) is 15.8 Å². The van der Waals surface area contributed by atoms with Crippen LogP contribution in [0.15, 0.2) is 146 Å². The molecule has 0 fully saturated rings. The molecular weight excluding hydrogens is 613 g/mol. The normalized spacial score (nSPS) is 11.1. The molecule has 6 aromatic carbocycles. The summed E-state index contributed by atoms with van der Waals surface area (Å²) in [5.74, 6) is 0. The van der Waals surface area contributed by atoms with Crippen molar-refractivity contribution in [3.8, 4) is 51.8 Å². The second-order valence-corrected chi connectivity index (χ2v) is 12.2. The molecule has 0 aliphatic heterocycles. The number of benzene rings is 6. The average Bonchev–Trinajstić information content (AvgIpc) is 3.70. The third-order valence-corrected chi connectivity index (χ3v) is 9.54. The molecule has 0 spiro atoms. The van der Waals surface area contributed by atoms with Crippen molar-refractivity contribution in [2.24, 2.45) is 0 Å². The number of pyridine rings is 1. The van der Waals surface area contributed by atoms with E-state index < -0.39 is 0 Å². The number of para-hydroxylation sites is 3. The number of rotatable bonds is 4. The Morgan fingerprint density at radius 1 is 0.480 bits per heavy atom. The SMILES string of the molecule is N#Cc1ccc2c(c1)c1cccc(C#N)c1n2-c1ccc(C#N)c(-c2ccc(-c3ccccc3-n3c4ccccc4c4cnccc43)cc2)c1. The van der Waals surface area contributed by atoms with E-state index in [2.05, 4.69) is 111 Å². The Balaban J connectivity index is 1.19. The molecule has 0 unspecified atom stereocenters. The van der Waals surface area contributed by atoms with Gasteiger partial charge in [-0.25, -0.2) is 0 Å². The third-order valence-electron chi connectivity index (χ3n) is 9.54. The first kappa shape index (κ1) is 28.7. The summed E-state index contributed by atoms with van der Waals surface area (Å²) < 4.78 is 4.36. The largest absolute Gasteiger partial charge is 0.309 e. The molecule has 0 aliphatic rings. The van der Waals surface area contributed by atoms with E-state index in [-0.39, 0.29) is 0 Å². The second-order valence-electron chi connectivity index (χ2n) is 12.2. The number of nitriles is 3. The van der Waals surface area contributed by atoms with E-state index in [0.717, 1.165) is 77.2 Å². The Labute approximate surface area is 287 Å². The zero-order valence-corrected chi connectivity index (χ0v) is 26.5. The lowest BCUT2D eigenvalue weighted by Gasteiger charge is -2.15. The van der Waals surface area contributed by atoms with Gasteiger partial charge >= 0.3 is 0 Å². The first-order valence-electron chi connectivity index (χ1n) is 16.1. The highest BCUT2D eigenvalue weighted by Gasteiger charge is 2.19. The molecule has 6 nitrogen and oxygen atoms in total. The van der Waals surface area contributed by atoms with E-state index in [4.69, 9.17) is 0 Å². The molecule has 0 N–H and O–H groups in total. The molecule has 3 aromatic heterocycles. The fraction of sp³-hybridized carbons (Fsp3) is 0. The minimum Gasteiger partial charge on any atom is -0.309 e. The van der Waals surface area contributed by atoms with Gasteiger partial charge in [0.15, 0.2) is 0 Å². The Morgan fingerprint density at radius 3 is 2.02 bits per heavy atom. The molecule has 9 rings (SSSR count). The maximum atomic E-state index is 10.2. The van der Waals surface area contributed by atoms with E-state index in [1.54, 1.807) is 12.1 Å². The Kier molecular flexibility index (Phi) is 6.53. The van der Waals surface area contributed by atoms with Crippen LogP contribution in [0, 0.1) is 34.0 Å². The number of hydrogen-bond acceptors (Lipinski definition) is 4. The highest BCUT2D eigenvalue weighted by Crippen LogP contribution is 2.38. The molecule has 0 saturated carbocycles. The number of hydrogen-bond donors (Lipinski definition) is 0. The molecule has 9 aromatic rings. The smallest absolute Gasteiger partial charge is 0.101 e. The van der Waals surface area contributed by atoms with E-state index >= 15 is 0 Å². The fourth-order valence-corrected chi connectivity index (χ4v) is 7.32. The summed E-state index contributed by atoms with van der Waals surface area (Å²) in [4.78, 5) is 4.41. The summed E-state index contributed by atoms with van der Waals surface area (Å²) in [6, 6.07) is 51.2. The van der Waals surface area contributed by atoms with Gasteiger partial charge in [-0.1, -0.05) is 72.8 Å². The first-order valence-corrected chi connectivity index (χ1v) is 16.1. The van der Waals surface area contributed by atoms with Crippen molar-refractivity contribution in [2.45, 2.75) is 0 Å². The molecule has 0 saturated heterocycles. The van der Waals surface area contributed by atoms with Crippen LogP contribution in [0.3, 0.4) is 0 Å². The molecular formula is C44H24N6. The Hall–Kier alpha value is -7.46. The predicted octanol–water partition coefficient (Wildman–Crippen LogP) is 10.2. The standard InChI is InChI=1S/C44H24N6/c45-24-28-12-19-42-38(22-28)36-9-5-6-32(26-47)44(36)49(42)33-18-17-31(25-46)37(23-33)30-15-13-29(14-16-30)34-7-1-3-10-40(34)50-41-11-4-2-8-35(41)39-27-48-21-20-43(39)50/h1-23,27H. The summed E-state index contributed by atoms with van der Waals surface area (Å²) in [7, 11) is 0. The lowest BCUT2D eigenvalue weighted by Crippen LogP contribution is -1.98. The molecule has 0 aliphatic carbocycles. The van der Waals surface area contributed by atoms with Gasteiger partial charge in [-0.05, 0) is 71.8 Å². The first-order chi connectivity index (χ1) is 24.7. The minimum absolute atomic E-state index is 0.533. The molecule has 230 valence electrons. The summed E-state index contributed by atoms with van der Waals surface area (Å²) in [5, 5.41) is 33.9. The van der Waals surface area contributed by atoms with Crippen LogP contribution in [0.1, 0.15) is 16.7 Å². The molecule has 0 bridgehead atoms. The van der Waals surface area contributed by atoms with Crippen LogP contribution in [-0.4, -0.2) is 14.1 Å². The van der Waals surface area contributed by atoms with Crippen molar-refractivity contribution >= 4 is 43.6 Å². The van der Waals surface area contributed by atoms with Crippen LogP contribution in [0.4, 0.5) is 0 Å². The van der Waals surface area contributed by atoms with Gasteiger partial charge in [0.2, 0.25) is 0 Å². The maximum Gasteiger partial charge on any atom is 0.101 e. The van der Waals surface area contributed by atoms with Gasteiger partial charge in [0.1, 0.15) is 6.07 Å². The molecule has 6 heteroatoms. The van der Waals surface area contributed by atoms with Crippen LogP contribution in [0.25, 0.3) is 77.2 Å². The zero-order chi connectivity index (χ0) is 33.8.